The van der Waals surface area contributed by atoms with Gasteiger partial charge in [0.2, 0.25) is 5.91 Å². The Bertz CT molecular complexity index is 518. The number of halogens is 2. The predicted octanol–water partition coefficient (Wildman–Crippen LogP) is 3.04. The lowest BCUT2D eigenvalue weighted by atomic mass is 9.84. The summed E-state index contributed by atoms with van der Waals surface area (Å²) in [5.74, 6) is 2.46. The largest absolute Gasteiger partial charge is 0.356 e. The monoisotopic (exact) mass is 402 g/mol. The maximum absolute atomic E-state index is 12.4. The third-order valence-corrected chi connectivity index (χ3v) is 5.53. The number of hydrogen-bond acceptors (Lipinski definition) is 4. The standard InChI is InChI=1S/C19H30N4O.2ClH/c1-15(16-5-10-20-11-6-16)14-19(24)22-17-7-12-23(13-8-17)18-4-2-3-9-21-18;;/h2-4,9,15-17,20H,5-8,10-14H2,1H3,(H,22,24);2*1H. The fraction of sp³-hybridized carbons (Fsp3) is 0.684. The Balaban J connectivity index is 0.00000169. The summed E-state index contributed by atoms with van der Waals surface area (Å²) in [6, 6.07) is 6.34. The lowest BCUT2D eigenvalue weighted by molar-refractivity contribution is -0.123. The Morgan fingerprint density at radius 2 is 1.92 bits per heavy atom. The summed E-state index contributed by atoms with van der Waals surface area (Å²) in [5, 5.41) is 6.66. The Labute approximate surface area is 169 Å². The molecule has 1 unspecified atom stereocenters. The van der Waals surface area contributed by atoms with Gasteiger partial charge in [-0.2, -0.15) is 0 Å². The van der Waals surface area contributed by atoms with Crippen molar-refractivity contribution in [2.24, 2.45) is 11.8 Å². The van der Waals surface area contributed by atoms with E-state index in [0.717, 1.165) is 44.8 Å². The lowest BCUT2D eigenvalue weighted by Crippen LogP contribution is -2.45. The molecule has 0 aliphatic carbocycles. The van der Waals surface area contributed by atoms with Gasteiger partial charge in [0.05, 0.1) is 0 Å². The molecule has 0 aromatic carbocycles. The van der Waals surface area contributed by atoms with Gasteiger partial charge < -0.3 is 15.5 Å². The highest BCUT2D eigenvalue weighted by Gasteiger charge is 2.25. The van der Waals surface area contributed by atoms with E-state index in [9.17, 15) is 4.79 Å². The maximum atomic E-state index is 12.4. The van der Waals surface area contributed by atoms with E-state index in [-0.39, 0.29) is 30.7 Å². The number of anilines is 1. The molecule has 2 saturated heterocycles. The molecule has 1 amide bonds. The Kier molecular flexibility index (Phi) is 10.3. The zero-order chi connectivity index (χ0) is 16.8. The van der Waals surface area contributed by atoms with Gasteiger partial charge in [-0.15, -0.1) is 24.8 Å². The molecule has 5 nitrogen and oxygen atoms in total. The molecule has 0 bridgehead atoms. The first kappa shape index (κ1) is 23.0. The number of amides is 1. The molecule has 2 fully saturated rings. The van der Waals surface area contributed by atoms with Crippen molar-refractivity contribution in [2.75, 3.05) is 31.1 Å². The molecule has 26 heavy (non-hydrogen) atoms. The first-order valence-corrected chi connectivity index (χ1v) is 9.38. The van der Waals surface area contributed by atoms with Crippen LogP contribution >= 0.6 is 24.8 Å². The van der Waals surface area contributed by atoms with Crippen LogP contribution in [0.5, 0.6) is 0 Å². The second kappa shape index (κ2) is 11.6. The molecule has 0 saturated carbocycles. The van der Waals surface area contributed by atoms with E-state index >= 15 is 0 Å². The van der Waals surface area contributed by atoms with Gasteiger partial charge in [-0.05, 0) is 62.7 Å². The van der Waals surface area contributed by atoms with Crippen LogP contribution in [0.2, 0.25) is 0 Å². The molecule has 2 aliphatic rings. The smallest absolute Gasteiger partial charge is 0.220 e. The zero-order valence-electron chi connectivity index (χ0n) is 15.5. The van der Waals surface area contributed by atoms with Crippen molar-refractivity contribution in [3.63, 3.8) is 0 Å². The molecule has 0 radical (unpaired) electrons. The van der Waals surface area contributed by atoms with Crippen LogP contribution in [0.3, 0.4) is 0 Å². The number of pyridine rings is 1. The molecular formula is C19H32Cl2N4O. The van der Waals surface area contributed by atoms with Gasteiger partial charge in [-0.3, -0.25) is 4.79 Å². The lowest BCUT2D eigenvalue weighted by Gasteiger charge is -2.33. The van der Waals surface area contributed by atoms with Crippen LogP contribution < -0.4 is 15.5 Å². The van der Waals surface area contributed by atoms with Gasteiger partial charge in [0.1, 0.15) is 5.82 Å². The second-order valence-corrected chi connectivity index (χ2v) is 7.29. The third kappa shape index (κ3) is 6.60. The van der Waals surface area contributed by atoms with Crippen molar-refractivity contribution in [2.45, 2.75) is 45.1 Å². The van der Waals surface area contributed by atoms with Crippen molar-refractivity contribution in [3.05, 3.63) is 24.4 Å². The normalized spacial score (nSPS) is 19.8. The highest BCUT2D eigenvalue weighted by atomic mass is 35.5. The summed E-state index contributed by atoms with van der Waals surface area (Å²) in [4.78, 5) is 19.1. The minimum atomic E-state index is 0. The highest BCUT2D eigenvalue weighted by Crippen LogP contribution is 2.24. The van der Waals surface area contributed by atoms with E-state index in [1.807, 2.05) is 18.3 Å². The number of nitrogens with one attached hydrogen (secondary N) is 2. The van der Waals surface area contributed by atoms with E-state index < -0.39 is 0 Å². The van der Waals surface area contributed by atoms with E-state index in [0.29, 0.717) is 24.3 Å². The molecule has 3 heterocycles. The fourth-order valence-corrected chi connectivity index (χ4v) is 3.95. The molecule has 0 spiro atoms. The minimum absolute atomic E-state index is 0. The molecule has 1 atom stereocenters. The average Bonchev–Trinajstić information content (AvgIpc) is 2.64. The summed E-state index contributed by atoms with van der Waals surface area (Å²) in [6.07, 6.45) is 6.93. The molecule has 3 rings (SSSR count). The summed E-state index contributed by atoms with van der Waals surface area (Å²) >= 11 is 0. The fourth-order valence-electron chi connectivity index (χ4n) is 3.95. The number of hydrogen-bond donors (Lipinski definition) is 2. The molecule has 2 aliphatic heterocycles. The molecule has 148 valence electrons. The van der Waals surface area contributed by atoms with Gasteiger partial charge in [0.25, 0.3) is 0 Å². The Morgan fingerprint density at radius 1 is 1.23 bits per heavy atom. The van der Waals surface area contributed by atoms with Gasteiger partial charge >= 0.3 is 0 Å². The molecule has 1 aromatic rings. The van der Waals surface area contributed by atoms with Gasteiger partial charge in [0.15, 0.2) is 0 Å². The highest BCUT2D eigenvalue weighted by molar-refractivity contribution is 5.85. The molecule has 7 heteroatoms. The van der Waals surface area contributed by atoms with Gasteiger partial charge in [-0.1, -0.05) is 13.0 Å². The van der Waals surface area contributed by atoms with Crippen LogP contribution in [-0.2, 0) is 4.79 Å². The summed E-state index contributed by atoms with van der Waals surface area (Å²) in [6.45, 7) is 6.36. The van der Waals surface area contributed by atoms with E-state index in [1.54, 1.807) is 0 Å². The second-order valence-electron chi connectivity index (χ2n) is 7.29. The van der Waals surface area contributed by atoms with Crippen molar-refractivity contribution in [3.8, 4) is 0 Å². The van der Waals surface area contributed by atoms with Crippen molar-refractivity contribution in [1.29, 1.82) is 0 Å². The van der Waals surface area contributed by atoms with Crippen LogP contribution in [0, 0.1) is 11.8 Å². The SMILES string of the molecule is CC(CC(=O)NC1CCN(c2ccccn2)CC1)C1CCNCC1.Cl.Cl. The van der Waals surface area contributed by atoms with Crippen LogP contribution in [0.1, 0.15) is 39.0 Å². The Hall–Kier alpha value is -1.04. The quantitative estimate of drug-likeness (QED) is 0.794. The van der Waals surface area contributed by atoms with E-state index in [1.165, 1.54) is 12.8 Å². The van der Waals surface area contributed by atoms with E-state index in [2.05, 4.69) is 33.5 Å². The van der Waals surface area contributed by atoms with Gasteiger partial charge in [0, 0.05) is 31.7 Å². The number of carbonyl (C=O) groups is 1. The van der Waals surface area contributed by atoms with Crippen molar-refractivity contribution >= 4 is 36.5 Å². The van der Waals surface area contributed by atoms with E-state index in [4.69, 9.17) is 0 Å². The summed E-state index contributed by atoms with van der Waals surface area (Å²) in [5.41, 5.74) is 0. The number of rotatable bonds is 5. The van der Waals surface area contributed by atoms with Crippen molar-refractivity contribution < 1.29 is 4.79 Å². The van der Waals surface area contributed by atoms with Crippen LogP contribution in [-0.4, -0.2) is 43.1 Å². The maximum Gasteiger partial charge on any atom is 0.220 e. The molecule has 2 N–H and O–H groups in total. The predicted molar refractivity (Wildman–Crippen MR) is 111 cm³/mol. The number of aromatic nitrogens is 1. The number of piperidine rings is 2. The third-order valence-electron chi connectivity index (χ3n) is 5.53. The summed E-state index contributed by atoms with van der Waals surface area (Å²) in [7, 11) is 0. The van der Waals surface area contributed by atoms with Crippen LogP contribution in [0.4, 0.5) is 5.82 Å². The van der Waals surface area contributed by atoms with Crippen LogP contribution in [0.15, 0.2) is 24.4 Å². The first-order chi connectivity index (χ1) is 11.7. The molecule has 1 aromatic heterocycles. The van der Waals surface area contributed by atoms with Crippen molar-refractivity contribution in [1.82, 2.24) is 15.6 Å². The minimum Gasteiger partial charge on any atom is -0.356 e. The molecular weight excluding hydrogens is 371 g/mol. The number of carbonyl (C=O) groups excluding carboxylic acids is 1. The topological polar surface area (TPSA) is 57.3 Å². The average molecular weight is 403 g/mol. The first-order valence-electron chi connectivity index (χ1n) is 9.38. The Morgan fingerprint density at radius 3 is 2.54 bits per heavy atom. The summed E-state index contributed by atoms with van der Waals surface area (Å²) < 4.78 is 0. The number of nitrogens with zero attached hydrogens (tertiary/aromatic N) is 2. The zero-order valence-corrected chi connectivity index (χ0v) is 17.2. The van der Waals surface area contributed by atoms with Crippen LogP contribution in [0.25, 0.3) is 0 Å². The van der Waals surface area contributed by atoms with Gasteiger partial charge in [-0.25, -0.2) is 4.98 Å².